The van der Waals surface area contributed by atoms with Crippen LogP contribution in [0, 0.1) is 17.0 Å². The van der Waals surface area contributed by atoms with Gasteiger partial charge in [-0.25, -0.2) is 0 Å². The van der Waals surface area contributed by atoms with Crippen molar-refractivity contribution in [1.29, 1.82) is 0 Å². The van der Waals surface area contributed by atoms with Crippen LogP contribution in [-0.2, 0) is 0 Å². The van der Waals surface area contributed by atoms with Crippen LogP contribution in [0.5, 0.6) is 5.75 Å². The number of hydrogen-bond acceptors (Lipinski definition) is 7. The van der Waals surface area contributed by atoms with Crippen LogP contribution in [0.25, 0.3) is 0 Å². The van der Waals surface area contributed by atoms with Gasteiger partial charge in [-0.05, 0) is 38.8 Å². The minimum Gasteiger partial charge on any atom is -0.487 e. The number of aryl methyl sites for hydroxylation is 1. The molecular weight excluding hydrogens is 340 g/mol. The fourth-order valence-corrected chi connectivity index (χ4v) is 3.06. The number of nitro benzene ring substituents is 1. The Balaban J connectivity index is 1.70. The van der Waals surface area contributed by atoms with Gasteiger partial charge >= 0.3 is 5.69 Å². The molecule has 0 aliphatic carbocycles. The van der Waals surface area contributed by atoms with Crippen molar-refractivity contribution in [2.24, 2.45) is 0 Å². The summed E-state index contributed by atoms with van der Waals surface area (Å²) in [5, 5.41) is 15.0. The highest BCUT2D eigenvalue weighted by Crippen LogP contribution is 2.30. The van der Waals surface area contributed by atoms with E-state index >= 15 is 0 Å². The number of aromatic nitrogens is 2. The zero-order valence-electron chi connectivity index (χ0n) is 14.7. The molecule has 26 heavy (non-hydrogen) atoms. The van der Waals surface area contributed by atoms with E-state index < -0.39 is 4.92 Å². The van der Waals surface area contributed by atoms with Gasteiger partial charge in [0.25, 0.3) is 5.91 Å². The molecule has 2 heterocycles. The minimum atomic E-state index is -0.536. The number of ether oxygens (including phenoxy) is 1. The summed E-state index contributed by atoms with van der Waals surface area (Å²) in [4.78, 5) is 29.3. The van der Waals surface area contributed by atoms with Crippen molar-refractivity contribution < 1.29 is 19.0 Å². The van der Waals surface area contributed by atoms with Gasteiger partial charge in [0, 0.05) is 30.6 Å². The zero-order chi connectivity index (χ0) is 18.7. The molecule has 0 N–H and O–H groups in total. The largest absolute Gasteiger partial charge is 0.487 e. The Bertz CT molecular complexity index is 811. The number of carbonyl (C=O) groups excluding carboxylic acids is 1. The van der Waals surface area contributed by atoms with Gasteiger partial charge in [-0.15, -0.1) is 0 Å². The predicted molar refractivity (Wildman–Crippen MR) is 91.2 cm³/mol. The second-order valence-electron chi connectivity index (χ2n) is 6.12. The summed E-state index contributed by atoms with van der Waals surface area (Å²) in [6.07, 6.45) is 1.43. The van der Waals surface area contributed by atoms with Gasteiger partial charge in [0.15, 0.2) is 11.6 Å². The minimum absolute atomic E-state index is 0.134. The summed E-state index contributed by atoms with van der Waals surface area (Å²) >= 11 is 0. The number of nitrogens with zero attached hydrogens (tertiary/aromatic N) is 4. The summed E-state index contributed by atoms with van der Waals surface area (Å²) in [5.41, 5.74) is 0.0844. The van der Waals surface area contributed by atoms with E-state index in [0.717, 1.165) is 0 Å². The second-order valence-corrected chi connectivity index (χ2v) is 6.12. The number of piperidine rings is 1. The lowest BCUT2D eigenvalue weighted by Gasteiger charge is -2.30. The van der Waals surface area contributed by atoms with Crippen molar-refractivity contribution in [3.63, 3.8) is 0 Å². The third-order valence-electron chi connectivity index (χ3n) is 4.38. The molecule has 0 atom stereocenters. The molecule has 1 saturated heterocycles. The average molecular weight is 360 g/mol. The molecule has 1 aromatic heterocycles. The monoisotopic (exact) mass is 360 g/mol. The van der Waals surface area contributed by atoms with Gasteiger partial charge in [-0.3, -0.25) is 14.9 Å². The molecule has 0 bridgehead atoms. The SMILES string of the molecule is CCOc1ccc(C(=O)N2CCC(c3nc(C)no3)CC2)cc1[N+](=O)[O-]. The van der Waals surface area contributed by atoms with E-state index in [2.05, 4.69) is 10.1 Å². The number of carbonyl (C=O) groups is 1. The zero-order valence-corrected chi connectivity index (χ0v) is 14.7. The first-order chi connectivity index (χ1) is 12.5. The number of amides is 1. The fraction of sp³-hybridized carbons (Fsp3) is 0.471. The van der Waals surface area contributed by atoms with Gasteiger partial charge in [0.2, 0.25) is 5.89 Å². The molecule has 1 amide bonds. The van der Waals surface area contributed by atoms with Crippen molar-refractivity contribution in [3.8, 4) is 5.75 Å². The van der Waals surface area contributed by atoms with Crippen molar-refractivity contribution in [2.45, 2.75) is 32.6 Å². The molecule has 0 radical (unpaired) electrons. The lowest BCUT2D eigenvalue weighted by atomic mass is 9.96. The molecule has 0 unspecified atom stereocenters. The van der Waals surface area contributed by atoms with Crippen molar-refractivity contribution in [2.75, 3.05) is 19.7 Å². The average Bonchev–Trinajstić information content (AvgIpc) is 3.08. The number of likely N-dealkylation sites (tertiary alicyclic amines) is 1. The number of rotatable bonds is 5. The summed E-state index contributed by atoms with van der Waals surface area (Å²) in [6.45, 7) is 4.90. The van der Waals surface area contributed by atoms with E-state index in [0.29, 0.717) is 44.3 Å². The first-order valence-corrected chi connectivity index (χ1v) is 8.50. The van der Waals surface area contributed by atoms with Gasteiger partial charge in [-0.1, -0.05) is 5.16 Å². The van der Waals surface area contributed by atoms with Crippen molar-refractivity contribution >= 4 is 11.6 Å². The topological polar surface area (TPSA) is 112 Å². The van der Waals surface area contributed by atoms with E-state index in [1.54, 1.807) is 24.8 Å². The Kier molecular flexibility index (Phi) is 5.15. The molecule has 1 aliphatic rings. The maximum absolute atomic E-state index is 12.7. The predicted octanol–water partition coefficient (Wildman–Crippen LogP) is 2.70. The Morgan fingerprint density at radius 3 is 2.73 bits per heavy atom. The van der Waals surface area contributed by atoms with Crippen LogP contribution in [0.4, 0.5) is 5.69 Å². The Hall–Kier alpha value is -2.97. The molecule has 9 heteroatoms. The maximum atomic E-state index is 12.7. The normalized spacial score (nSPS) is 15.1. The van der Waals surface area contributed by atoms with E-state index in [1.165, 1.54) is 12.1 Å². The summed E-state index contributed by atoms with van der Waals surface area (Å²) in [5.74, 6) is 1.28. The molecule has 9 nitrogen and oxygen atoms in total. The fourth-order valence-electron chi connectivity index (χ4n) is 3.06. The highest BCUT2D eigenvalue weighted by Gasteiger charge is 2.29. The van der Waals surface area contributed by atoms with Crippen LogP contribution in [0.15, 0.2) is 22.7 Å². The first-order valence-electron chi connectivity index (χ1n) is 8.50. The highest BCUT2D eigenvalue weighted by molar-refractivity contribution is 5.95. The van der Waals surface area contributed by atoms with Gasteiger partial charge in [0.1, 0.15) is 0 Å². The molecular formula is C17H20N4O5. The number of benzene rings is 1. The molecule has 1 aliphatic heterocycles. The van der Waals surface area contributed by atoms with Crippen LogP contribution in [-0.4, -0.2) is 45.6 Å². The van der Waals surface area contributed by atoms with Crippen LogP contribution < -0.4 is 4.74 Å². The molecule has 1 aromatic carbocycles. The maximum Gasteiger partial charge on any atom is 0.311 e. The number of hydrogen-bond donors (Lipinski definition) is 0. The summed E-state index contributed by atoms with van der Waals surface area (Å²) in [6, 6.07) is 4.32. The van der Waals surface area contributed by atoms with Crippen molar-refractivity contribution in [3.05, 3.63) is 45.6 Å². The molecule has 2 aromatic rings. The van der Waals surface area contributed by atoms with Crippen LogP contribution in [0.3, 0.4) is 0 Å². The lowest BCUT2D eigenvalue weighted by molar-refractivity contribution is -0.385. The standard InChI is InChI=1S/C17H20N4O5/c1-3-25-15-5-4-13(10-14(15)21(23)24)17(22)20-8-6-12(7-9-20)16-18-11(2)19-26-16/h4-5,10,12H,3,6-9H2,1-2H3. The number of nitro groups is 1. The van der Waals surface area contributed by atoms with E-state index in [-0.39, 0.29) is 28.8 Å². The van der Waals surface area contributed by atoms with E-state index in [4.69, 9.17) is 9.26 Å². The van der Waals surface area contributed by atoms with E-state index in [9.17, 15) is 14.9 Å². The molecule has 0 spiro atoms. The quantitative estimate of drug-likeness (QED) is 0.595. The Morgan fingerprint density at radius 2 is 2.15 bits per heavy atom. The van der Waals surface area contributed by atoms with Gasteiger partial charge in [0.05, 0.1) is 11.5 Å². The second kappa shape index (κ2) is 7.51. The first kappa shape index (κ1) is 17.8. The van der Waals surface area contributed by atoms with E-state index in [1.807, 2.05) is 0 Å². The van der Waals surface area contributed by atoms with Crippen LogP contribution in [0.1, 0.15) is 47.8 Å². The molecule has 1 fully saturated rings. The third kappa shape index (κ3) is 3.66. The van der Waals surface area contributed by atoms with Gasteiger partial charge < -0.3 is 14.2 Å². The lowest BCUT2D eigenvalue weighted by Crippen LogP contribution is -2.38. The molecule has 138 valence electrons. The summed E-state index contributed by atoms with van der Waals surface area (Å²) < 4.78 is 10.5. The molecule has 0 saturated carbocycles. The smallest absolute Gasteiger partial charge is 0.311 e. The van der Waals surface area contributed by atoms with Crippen LogP contribution in [0.2, 0.25) is 0 Å². The third-order valence-corrected chi connectivity index (χ3v) is 4.38. The Morgan fingerprint density at radius 1 is 1.42 bits per heavy atom. The molecule has 3 rings (SSSR count). The highest BCUT2D eigenvalue weighted by atomic mass is 16.6. The summed E-state index contributed by atoms with van der Waals surface area (Å²) in [7, 11) is 0. The van der Waals surface area contributed by atoms with Crippen LogP contribution >= 0.6 is 0 Å². The Labute approximate surface area is 150 Å². The van der Waals surface area contributed by atoms with Crippen molar-refractivity contribution in [1.82, 2.24) is 15.0 Å². The van der Waals surface area contributed by atoms with Gasteiger partial charge in [-0.2, -0.15) is 4.98 Å².